The lowest BCUT2D eigenvalue weighted by Gasteiger charge is -2.09. The summed E-state index contributed by atoms with van der Waals surface area (Å²) in [5, 5.41) is 5.13. The van der Waals surface area contributed by atoms with Gasteiger partial charge in [0.2, 0.25) is 0 Å². The van der Waals surface area contributed by atoms with Gasteiger partial charge in [0.1, 0.15) is 5.65 Å². The molecule has 0 saturated carbocycles. The van der Waals surface area contributed by atoms with Crippen molar-refractivity contribution < 1.29 is 0 Å². The maximum atomic E-state index is 4.99. The van der Waals surface area contributed by atoms with Crippen molar-refractivity contribution in [1.29, 1.82) is 0 Å². The van der Waals surface area contributed by atoms with Crippen molar-refractivity contribution in [2.45, 2.75) is 6.92 Å². The van der Waals surface area contributed by atoms with Gasteiger partial charge in [0.15, 0.2) is 0 Å². The van der Waals surface area contributed by atoms with E-state index in [0.29, 0.717) is 0 Å². The zero-order valence-corrected chi connectivity index (χ0v) is 21.0. The van der Waals surface area contributed by atoms with Crippen molar-refractivity contribution in [1.82, 2.24) is 19.4 Å². The van der Waals surface area contributed by atoms with E-state index >= 15 is 0 Å². The number of allylic oxidation sites excluding steroid dienone is 2. The zero-order chi connectivity index (χ0) is 25.6. The molecular weight excluding hydrogens is 464 g/mol. The summed E-state index contributed by atoms with van der Waals surface area (Å²) < 4.78 is 2.13. The number of fused-ring (bicyclic) bond motifs is 6. The molecule has 7 rings (SSSR count). The summed E-state index contributed by atoms with van der Waals surface area (Å²) >= 11 is 0. The topological polar surface area (TPSA) is 43.1 Å². The molecule has 0 fully saturated rings. The van der Waals surface area contributed by atoms with Gasteiger partial charge in [0.25, 0.3) is 0 Å². The highest BCUT2D eigenvalue weighted by molar-refractivity contribution is 6.03. The summed E-state index contributed by atoms with van der Waals surface area (Å²) in [5.41, 5.74) is 8.21. The predicted molar refractivity (Wildman–Crippen MR) is 158 cm³/mol. The van der Waals surface area contributed by atoms with Gasteiger partial charge in [-0.3, -0.25) is 9.38 Å². The lowest BCUT2D eigenvalue weighted by Crippen LogP contribution is -2.25. The average molecular weight is 489 g/mol. The Balaban J connectivity index is 1.27. The Morgan fingerprint density at radius 3 is 2.29 bits per heavy atom. The number of hydrogen-bond acceptors (Lipinski definition) is 3. The monoisotopic (exact) mass is 488 g/mol. The molecule has 0 spiro atoms. The second-order valence-corrected chi connectivity index (χ2v) is 9.42. The van der Waals surface area contributed by atoms with Crippen molar-refractivity contribution in [3.63, 3.8) is 0 Å². The first-order chi connectivity index (χ1) is 18.7. The van der Waals surface area contributed by atoms with Crippen molar-refractivity contribution in [2.24, 2.45) is 0 Å². The molecular formula is C34H24N4. The van der Waals surface area contributed by atoms with Crippen LogP contribution in [-0.2, 0) is 0 Å². The molecule has 4 nitrogen and oxygen atoms in total. The highest BCUT2D eigenvalue weighted by Gasteiger charge is 2.09. The van der Waals surface area contributed by atoms with Crippen molar-refractivity contribution >= 4 is 51.0 Å². The molecule has 0 saturated heterocycles. The van der Waals surface area contributed by atoms with E-state index in [4.69, 9.17) is 9.97 Å². The standard InChI is InChI=1S/C34H24N4/c1-3-4-7-29-22(2)38-31-18-15-27(21-28(31)16-19-32(38)36-29)23-8-10-24(11-9-23)30-17-14-26-13-12-25-6-5-20-35-33(25)34(26)37-30/h3-21H,2H2,1H3/b4-3-,29-7+. The first-order valence-electron chi connectivity index (χ1n) is 12.7. The molecule has 38 heavy (non-hydrogen) atoms. The molecule has 3 aromatic carbocycles. The molecule has 0 amide bonds. The summed E-state index contributed by atoms with van der Waals surface area (Å²) in [6.45, 7) is 6.29. The molecule has 4 heterocycles. The molecule has 0 aliphatic rings. The van der Waals surface area contributed by atoms with E-state index in [1.165, 1.54) is 0 Å². The summed E-state index contributed by atoms with van der Waals surface area (Å²) in [7, 11) is 0. The summed E-state index contributed by atoms with van der Waals surface area (Å²) in [4.78, 5) is 14.3. The van der Waals surface area contributed by atoms with Gasteiger partial charge in [-0.1, -0.05) is 73.3 Å². The van der Waals surface area contributed by atoms with E-state index in [1.807, 2.05) is 37.4 Å². The molecule has 0 bridgehead atoms. The first kappa shape index (κ1) is 22.1. The maximum absolute atomic E-state index is 4.99. The Morgan fingerprint density at radius 2 is 1.45 bits per heavy atom. The van der Waals surface area contributed by atoms with Gasteiger partial charge >= 0.3 is 0 Å². The minimum atomic E-state index is 0.890. The van der Waals surface area contributed by atoms with E-state index < -0.39 is 0 Å². The third-order valence-electron chi connectivity index (χ3n) is 7.10. The lowest BCUT2D eigenvalue weighted by molar-refractivity contribution is 1.20. The van der Waals surface area contributed by atoms with Crippen LogP contribution < -0.4 is 10.7 Å². The molecule has 0 atom stereocenters. The average Bonchev–Trinajstić information content (AvgIpc) is 3.31. The van der Waals surface area contributed by atoms with E-state index in [9.17, 15) is 0 Å². The molecule has 0 unspecified atom stereocenters. The molecule has 0 radical (unpaired) electrons. The van der Waals surface area contributed by atoms with Crippen LogP contribution in [-0.4, -0.2) is 19.4 Å². The van der Waals surface area contributed by atoms with Crippen molar-refractivity contribution in [3.8, 4) is 22.4 Å². The largest absolute Gasteiger partial charge is 0.293 e. The van der Waals surface area contributed by atoms with E-state index in [2.05, 4.69) is 101 Å². The van der Waals surface area contributed by atoms with Gasteiger partial charge < -0.3 is 0 Å². The van der Waals surface area contributed by atoms with Crippen LogP contribution in [0.4, 0.5) is 0 Å². The zero-order valence-electron chi connectivity index (χ0n) is 21.0. The molecule has 4 aromatic heterocycles. The number of aromatic nitrogens is 4. The SMILES string of the molecule is C=c1/c(=C\C=C/C)nc2ccc3cc(-c4ccc(-c5ccc6ccc7cccnc7c6n5)cc4)ccc3n12. The van der Waals surface area contributed by atoms with Crippen molar-refractivity contribution in [3.05, 3.63) is 120 Å². The fourth-order valence-electron chi connectivity index (χ4n) is 5.15. The number of imidazole rings is 1. The quantitative estimate of drug-likeness (QED) is 0.261. The smallest absolute Gasteiger partial charge is 0.138 e. The minimum absolute atomic E-state index is 0.890. The van der Waals surface area contributed by atoms with Crippen LogP contribution in [0, 0.1) is 0 Å². The van der Waals surface area contributed by atoms with E-state index in [1.54, 1.807) is 0 Å². The van der Waals surface area contributed by atoms with E-state index in [-0.39, 0.29) is 0 Å². The Morgan fingerprint density at radius 1 is 0.711 bits per heavy atom. The van der Waals surface area contributed by atoms with Crippen LogP contribution in [0.25, 0.3) is 73.4 Å². The van der Waals surface area contributed by atoms with Gasteiger partial charge in [-0.15, -0.1) is 0 Å². The second-order valence-electron chi connectivity index (χ2n) is 9.42. The molecule has 7 aromatic rings. The summed E-state index contributed by atoms with van der Waals surface area (Å²) in [6, 6.07) is 31.8. The Labute approximate surface area is 219 Å². The summed E-state index contributed by atoms with van der Waals surface area (Å²) in [5.74, 6) is 0. The van der Waals surface area contributed by atoms with Crippen LogP contribution in [0.5, 0.6) is 0 Å². The summed E-state index contributed by atoms with van der Waals surface area (Å²) in [6.07, 6.45) is 7.81. The number of rotatable bonds is 3. The third kappa shape index (κ3) is 3.58. The first-order valence-corrected chi connectivity index (χ1v) is 12.7. The van der Waals surface area contributed by atoms with Crippen molar-refractivity contribution in [2.75, 3.05) is 0 Å². The number of benzene rings is 3. The van der Waals surface area contributed by atoms with Gasteiger partial charge in [-0.05, 0) is 65.9 Å². The Bertz CT molecular complexity index is 2150. The normalized spacial score (nSPS) is 12.5. The molecule has 4 heteroatoms. The minimum Gasteiger partial charge on any atom is -0.293 e. The second kappa shape index (κ2) is 8.79. The fraction of sp³-hybridized carbons (Fsp3) is 0.0294. The van der Waals surface area contributed by atoms with Crippen LogP contribution >= 0.6 is 0 Å². The van der Waals surface area contributed by atoms with Crippen LogP contribution in [0.15, 0.2) is 109 Å². The Hall–Kier alpha value is -5.09. The molecule has 0 aliphatic heterocycles. The molecule has 0 N–H and O–H groups in total. The van der Waals surface area contributed by atoms with Gasteiger partial charge in [0, 0.05) is 22.5 Å². The highest BCUT2D eigenvalue weighted by atomic mass is 15.0. The van der Waals surface area contributed by atoms with E-state index in [0.717, 1.165) is 71.4 Å². The van der Waals surface area contributed by atoms with Crippen LogP contribution in [0.1, 0.15) is 6.92 Å². The van der Waals surface area contributed by atoms with Crippen LogP contribution in [0.2, 0.25) is 0 Å². The Kier molecular flexibility index (Phi) is 5.12. The van der Waals surface area contributed by atoms with Crippen LogP contribution in [0.3, 0.4) is 0 Å². The predicted octanol–water partition coefficient (Wildman–Crippen LogP) is 6.68. The molecule has 180 valence electrons. The van der Waals surface area contributed by atoms with Gasteiger partial charge in [0.05, 0.1) is 32.9 Å². The fourth-order valence-corrected chi connectivity index (χ4v) is 5.15. The molecule has 0 aliphatic carbocycles. The highest BCUT2D eigenvalue weighted by Crippen LogP contribution is 2.29. The number of pyridine rings is 3. The number of nitrogens with zero attached hydrogens (tertiary/aromatic N) is 4. The third-order valence-corrected chi connectivity index (χ3v) is 7.10. The lowest BCUT2D eigenvalue weighted by atomic mass is 10.0. The van der Waals surface area contributed by atoms with Gasteiger partial charge in [-0.25, -0.2) is 9.97 Å². The maximum Gasteiger partial charge on any atom is 0.138 e. The van der Waals surface area contributed by atoms with Gasteiger partial charge in [-0.2, -0.15) is 0 Å². The number of hydrogen-bond donors (Lipinski definition) is 0.